The third-order valence-electron chi connectivity index (χ3n) is 3.62. The molecule has 4 N–H and O–H groups in total. The van der Waals surface area contributed by atoms with Crippen LogP contribution in [0.3, 0.4) is 0 Å². The number of nitrogens with two attached hydrogens (primary N) is 1. The minimum atomic E-state index is -0.739. The molecule has 3 heterocycles. The van der Waals surface area contributed by atoms with Gasteiger partial charge in [-0.15, -0.1) is 0 Å². The maximum atomic E-state index is 14.2. The van der Waals surface area contributed by atoms with Gasteiger partial charge >= 0.3 is 0 Å². The quantitative estimate of drug-likeness (QED) is 0.473. The Morgan fingerprint density at radius 1 is 1.08 bits per heavy atom. The number of hydrogen-bond donors (Lipinski definition) is 3. The van der Waals surface area contributed by atoms with E-state index in [0.717, 1.165) is 12.1 Å². The van der Waals surface area contributed by atoms with Crippen LogP contribution in [0.2, 0.25) is 5.02 Å². The number of fused-ring (bicyclic) bond motifs is 1. The van der Waals surface area contributed by atoms with Crippen LogP contribution in [0.4, 0.5) is 26.2 Å². The molecule has 0 spiro atoms. The van der Waals surface area contributed by atoms with Gasteiger partial charge < -0.3 is 16.0 Å². The molecule has 10 heteroatoms. The highest BCUT2D eigenvalue weighted by Gasteiger charge is 2.19. The zero-order chi connectivity index (χ0) is 18.3. The molecule has 0 saturated carbocycles. The van der Waals surface area contributed by atoms with Crippen molar-refractivity contribution < 1.29 is 8.78 Å². The largest absolute Gasteiger partial charge is 0.384 e. The fraction of sp³-hybridized carbons (Fsp3) is 0. The highest BCUT2D eigenvalue weighted by atomic mass is 35.5. The van der Waals surface area contributed by atoms with E-state index in [9.17, 15) is 8.78 Å². The summed E-state index contributed by atoms with van der Waals surface area (Å²) in [4.78, 5) is 19.3. The predicted molar refractivity (Wildman–Crippen MR) is 94.0 cm³/mol. The topological polar surface area (TPSA) is 105 Å². The Balaban J connectivity index is 1.83. The van der Waals surface area contributed by atoms with Crippen molar-refractivity contribution in [1.29, 1.82) is 0 Å². The summed E-state index contributed by atoms with van der Waals surface area (Å²) in [6.45, 7) is 0. The van der Waals surface area contributed by atoms with Crippen LogP contribution in [0.1, 0.15) is 0 Å². The Labute approximate surface area is 150 Å². The van der Waals surface area contributed by atoms with Crippen molar-refractivity contribution in [3.8, 4) is 11.4 Å². The summed E-state index contributed by atoms with van der Waals surface area (Å²) in [5, 5.41) is 2.62. The number of aromatic nitrogens is 5. The molecule has 0 aliphatic rings. The van der Waals surface area contributed by atoms with Crippen LogP contribution in [0.25, 0.3) is 22.4 Å². The van der Waals surface area contributed by atoms with Gasteiger partial charge in [-0.2, -0.15) is 0 Å². The molecule has 26 heavy (non-hydrogen) atoms. The van der Waals surface area contributed by atoms with Gasteiger partial charge in [0.05, 0.1) is 16.1 Å². The Bertz CT molecular complexity index is 1130. The number of hydrogen-bond acceptors (Lipinski definition) is 6. The van der Waals surface area contributed by atoms with Crippen LogP contribution in [0.5, 0.6) is 0 Å². The van der Waals surface area contributed by atoms with Crippen molar-refractivity contribution in [2.75, 3.05) is 11.1 Å². The normalized spacial score (nSPS) is 11.0. The van der Waals surface area contributed by atoms with Crippen molar-refractivity contribution in [3.05, 3.63) is 53.4 Å². The Hall–Kier alpha value is -3.33. The molecule has 1 aromatic carbocycles. The zero-order valence-corrected chi connectivity index (χ0v) is 13.7. The first-order valence-electron chi connectivity index (χ1n) is 7.36. The molecule has 0 aliphatic carbocycles. The van der Waals surface area contributed by atoms with E-state index in [4.69, 9.17) is 17.3 Å². The summed E-state index contributed by atoms with van der Waals surface area (Å²) >= 11 is 5.91. The number of benzene rings is 1. The van der Waals surface area contributed by atoms with E-state index < -0.39 is 11.6 Å². The average Bonchev–Trinajstić information content (AvgIpc) is 3.03. The average molecular weight is 374 g/mol. The SMILES string of the molecule is Nc1cc(Nc2nccc3[nH]c(-c4c(F)ccc(F)c4Cl)nc23)ncn1. The lowest BCUT2D eigenvalue weighted by molar-refractivity contribution is 0.602. The van der Waals surface area contributed by atoms with E-state index in [1.165, 1.54) is 18.6 Å². The summed E-state index contributed by atoms with van der Waals surface area (Å²) in [6, 6.07) is 5.12. The monoisotopic (exact) mass is 373 g/mol. The van der Waals surface area contributed by atoms with Gasteiger partial charge in [0.2, 0.25) is 0 Å². The maximum Gasteiger partial charge on any atom is 0.159 e. The van der Waals surface area contributed by atoms with Gasteiger partial charge in [0, 0.05) is 12.3 Å². The maximum absolute atomic E-state index is 14.2. The van der Waals surface area contributed by atoms with E-state index in [2.05, 4.69) is 30.2 Å². The van der Waals surface area contributed by atoms with Crippen LogP contribution >= 0.6 is 11.6 Å². The fourth-order valence-corrected chi connectivity index (χ4v) is 2.69. The third-order valence-corrected chi connectivity index (χ3v) is 3.99. The lowest BCUT2D eigenvalue weighted by atomic mass is 10.2. The first-order valence-corrected chi connectivity index (χ1v) is 7.74. The molecule has 130 valence electrons. The molecule has 0 amide bonds. The summed E-state index contributed by atoms with van der Waals surface area (Å²) in [6.07, 6.45) is 2.83. The van der Waals surface area contributed by atoms with Crippen LogP contribution in [-0.4, -0.2) is 24.9 Å². The van der Waals surface area contributed by atoms with E-state index in [0.29, 0.717) is 22.7 Å². The van der Waals surface area contributed by atoms with Gasteiger partial charge in [-0.1, -0.05) is 11.6 Å². The molecule has 0 unspecified atom stereocenters. The Morgan fingerprint density at radius 2 is 1.88 bits per heavy atom. The number of anilines is 3. The first kappa shape index (κ1) is 16.2. The molecule has 7 nitrogen and oxygen atoms in total. The van der Waals surface area contributed by atoms with Crippen LogP contribution in [-0.2, 0) is 0 Å². The Morgan fingerprint density at radius 3 is 2.69 bits per heavy atom. The summed E-state index contributed by atoms with van der Waals surface area (Å²) < 4.78 is 27.9. The van der Waals surface area contributed by atoms with Gasteiger partial charge in [-0.25, -0.2) is 28.7 Å². The van der Waals surface area contributed by atoms with Gasteiger partial charge in [-0.3, -0.25) is 0 Å². The number of halogens is 3. The van der Waals surface area contributed by atoms with Crippen molar-refractivity contribution in [2.45, 2.75) is 0 Å². The smallest absolute Gasteiger partial charge is 0.159 e. The second-order valence-electron chi connectivity index (χ2n) is 5.31. The van der Waals surface area contributed by atoms with Crippen LogP contribution in [0.15, 0.2) is 36.8 Å². The lowest BCUT2D eigenvalue weighted by Crippen LogP contribution is -1.99. The fourth-order valence-electron chi connectivity index (χ4n) is 2.45. The molecule has 0 radical (unpaired) electrons. The van der Waals surface area contributed by atoms with E-state index in [1.54, 1.807) is 6.07 Å². The number of nitrogen functional groups attached to an aromatic ring is 1. The third kappa shape index (κ3) is 2.78. The molecule has 0 fully saturated rings. The summed E-state index contributed by atoms with van der Waals surface area (Å²) in [5.41, 5.74) is 6.43. The summed E-state index contributed by atoms with van der Waals surface area (Å²) in [7, 11) is 0. The molecule has 0 bridgehead atoms. The molecule has 4 rings (SSSR count). The van der Waals surface area contributed by atoms with Gasteiger partial charge in [-0.05, 0) is 18.2 Å². The number of imidazole rings is 1. The van der Waals surface area contributed by atoms with Crippen molar-refractivity contribution in [3.63, 3.8) is 0 Å². The predicted octanol–water partition coefficient (Wildman–Crippen LogP) is 3.67. The van der Waals surface area contributed by atoms with Crippen LogP contribution < -0.4 is 11.1 Å². The highest BCUT2D eigenvalue weighted by molar-refractivity contribution is 6.33. The molecule has 3 aromatic heterocycles. The standard InChI is InChI=1S/C16H10ClF2N7/c17-13-8(19)2-1-7(18)12(13)15-24-9-3-4-21-16(14(9)26-15)25-11-5-10(20)22-6-23-11/h1-6H,(H,24,26)(H3,20,21,22,23,25). The van der Waals surface area contributed by atoms with E-state index in [1.807, 2.05) is 0 Å². The van der Waals surface area contributed by atoms with Crippen molar-refractivity contribution in [2.24, 2.45) is 0 Å². The number of nitrogens with zero attached hydrogens (tertiary/aromatic N) is 4. The second-order valence-corrected chi connectivity index (χ2v) is 5.69. The number of aromatic amines is 1. The number of nitrogens with one attached hydrogen (secondary N) is 2. The number of pyridine rings is 1. The number of rotatable bonds is 3. The van der Waals surface area contributed by atoms with Gasteiger partial charge in [0.15, 0.2) is 5.82 Å². The Kier molecular flexibility index (Phi) is 3.85. The van der Waals surface area contributed by atoms with E-state index in [-0.39, 0.29) is 22.2 Å². The van der Waals surface area contributed by atoms with Crippen molar-refractivity contribution >= 4 is 40.1 Å². The molecular weight excluding hydrogens is 364 g/mol. The molecule has 4 aromatic rings. The van der Waals surface area contributed by atoms with Gasteiger partial charge in [0.1, 0.15) is 40.9 Å². The minimum Gasteiger partial charge on any atom is -0.384 e. The molecule has 0 atom stereocenters. The highest BCUT2D eigenvalue weighted by Crippen LogP contribution is 2.33. The lowest BCUT2D eigenvalue weighted by Gasteiger charge is -2.05. The van der Waals surface area contributed by atoms with Gasteiger partial charge in [0.25, 0.3) is 0 Å². The molecule has 0 saturated heterocycles. The second kappa shape index (κ2) is 6.19. The zero-order valence-electron chi connectivity index (χ0n) is 13.0. The summed E-state index contributed by atoms with van der Waals surface area (Å²) in [5.74, 6) is -0.294. The first-order chi connectivity index (χ1) is 12.5. The minimum absolute atomic E-state index is 0.0836. The van der Waals surface area contributed by atoms with E-state index >= 15 is 0 Å². The van der Waals surface area contributed by atoms with Crippen LogP contribution in [0, 0.1) is 11.6 Å². The number of H-pyrrole nitrogens is 1. The van der Waals surface area contributed by atoms with Crippen molar-refractivity contribution in [1.82, 2.24) is 24.9 Å². The molecule has 0 aliphatic heterocycles. The molecular formula is C16H10ClF2N7.